The van der Waals surface area contributed by atoms with Gasteiger partial charge in [0.2, 0.25) is 0 Å². The van der Waals surface area contributed by atoms with Crippen molar-refractivity contribution in [2.24, 2.45) is 5.92 Å². The van der Waals surface area contributed by atoms with Crippen LogP contribution in [0.25, 0.3) is 11.1 Å². The van der Waals surface area contributed by atoms with Crippen molar-refractivity contribution >= 4 is 11.6 Å². The molecule has 2 unspecified atom stereocenters. The van der Waals surface area contributed by atoms with E-state index in [-0.39, 0.29) is 22.3 Å². The van der Waals surface area contributed by atoms with E-state index < -0.39 is 17.1 Å². The van der Waals surface area contributed by atoms with Gasteiger partial charge < -0.3 is 0 Å². The number of rotatable bonds is 3. The van der Waals surface area contributed by atoms with Gasteiger partial charge in [-0.1, -0.05) is 43.1 Å². The number of hydrogen-bond donors (Lipinski definition) is 1. The standard InChI is InChI=1S/C15H14ClFN2O2/c1-2-8-7-11(8)19-14(20)12(13(16)18-15(19)21)9-5-3-4-6-10(9)17/h3-6,8,11H,2,7H2,1H3,(H,18,21). The summed E-state index contributed by atoms with van der Waals surface area (Å²) in [6, 6.07) is 5.77. The van der Waals surface area contributed by atoms with E-state index in [1.54, 1.807) is 6.07 Å². The van der Waals surface area contributed by atoms with Crippen LogP contribution in [0.2, 0.25) is 5.15 Å². The van der Waals surface area contributed by atoms with Gasteiger partial charge in [-0.3, -0.25) is 14.3 Å². The van der Waals surface area contributed by atoms with Crippen molar-refractivity contribution in [3.8, 4) is 11.1 Å². The Labute approximate surface area is 125 Å². The monoisotopic (exact) mass is 308 g/mol. The van der Waals surface area contributed by atoms with Gasteiger partial charge in [0.1, 0.15) is 11.0 Å². The van der Waals surface area contributed by atoms with Gasteiger partial charge >= 0.3 is 5.69 Å². The smallest absolute Gasteiger partial charge is 0.297 e. The van der Waals surface area contributed by atoms with Gasteiger partial charge in [-0.2, -0.15) is 0 Å². The Morgan fingerprint density at radius 2 is 2.10 bits per heavy atom. The van der Waals surface area contributed by atoms with Crippen LogP contribution < -0.4 is 11.2 Å². The van der Waals surface area contributed by atoms with Crippen LogP contribution >= 0.6 is 11.6 Å². The lowest BCUT2D eigenvalue weighted by Crippen LogP contribution is -2.36. The molecule has 1 fully saturated rings. The molecule has 1 aliphatic carbocycles. The van der Waals surface area contributed by atoms with Crippen molar-refractivity contribution in [2.75, 3.05) is 0 Å². The summed E-state index contributed by atoms with van der Waals surface area (Å²) in [6.45, 7) is 2.01. The molecule has 1 N–H and O–H groups in total. The molecule has 0 spiro atoms. The van der Waals surface area contributed by atoms with Crippen molar-refractivity contribution in [3.05, 3.63) is 56.1 Å². The Morgan fingerprint density at radius 3 is 2.71 bits per heavy atom. The largest absolute Gasteiger partial charge is 0.329 e. The van der Waals surface area contributed by atoms with E-state index in [9.17, 15) is 14.0 Å². The Hall–Kier alpha value is -1.88. The number of H-pyrrole nitrogens is 1. The molecule has 1 saturated carbocycles. The minimum absolute atomic E-state index is 0.0103. The number of halogens is 2. The molecule has 2 atom stereocenters. The molecule has 0 radical (unpaired) electrons. The SMILES string of the molecule is CCC1CC1n1c(=O)[nH]c(Cl)c(-c2ccccc2F)c1=O. The Kier molecular flexibility index (Phi) is 3.45. The maximum atomic E-state index is 13.9. The third-order valence-electron chi connectivity index (χ3n) is 3.97. The normalized spacial score (nSPS) is 20.5. The highest BCUT2D eigenvalue weighted by Crippen LogP contribution is 2.44. The zero-order valence-electron chi connectivity index (χ0n) is 11.4. The van der Waals surface area contributed by atoms with Crippen LogP contribution in [0.5, 0.6) is 0 Å². The fourth-order valence-corrected chi connectivity index (χ4v) is 2.97. The lowest BCUT2D eigenvalue weighted by atomic mass is 10.1. The fourth-order valence-electron chi connectivity index (χ4n) is 2.71. The Bertz CT molecular complexity index is 812. The first-order valence-corrected chi connectivity index (χ1v) is 7.21. The molecule has 1 aromatic carbocycles. The van der Waals surface area contributed by atoms with Crippen LogP contribution in [0.1, 0.15) is 25.8 Å². The topological polar surface area (TPSA) is 54.9 Å². The average Bonchev–Trinajstić information content (AvgIpc) is 3.19. The molecular weight excluding hydrogens is 295 g/mol. The maximum absolute atomic E-state index is 13.9. The zero-order valence-corrected chi connectivity index (χ0v) is 12.2. The number of hydrogen-bond acceptors (Lipinski definition) is 2. The van der Waals surface area contributed by atoms with Crippen molar-refractivity contribution in [3.63, 3.8) is 0 Å². The van der Waals surface area contributed by atoms with Gasteiger partial charge in [0, 0.05) is 11.6 Å². The van der Waals surface area contributed by atoms with Gasteiger partial charge in [0.05, 0.1) is 5.56 Å². The third-order valence-corrected chi connectivity index (χ3v) is 4.26. The molecule has 0 bridgehead atoms. The molecule has 1 heterocycles. The highest BCUT2D eigenvalue weighted by atomic mass is 35.5. The molecule has 21 heavy (non-hydrogen) atoms. The van der Waals surface area contributed by atoms with Crippen LogP contribution in [0.15, 0.2) is 33.9 Å². The summed E-state index contributed by atoms with van der Waals surface area (Å²) in [5.74, 6) is -0.226. The van der Waals surface area contributed by atoms with Crippen LogP contribution in [-0.2, 0) is 0 Å². The van der Waals surface area contributed by atoms with Crippen LogP contribution in [0, 0.1) is 11.7 Å². The molecule has 4 nitrogen and oxygen atoms in total. The van der Waals surface area contributed by atoms with Gasteiger partial charge in [-0.25, -0.2) is 9.18 Å². The summed E-state index contributed by atoms with van der Waals surface area (Å²) in [5, 5.41) is -0.125. The lowest BCUT2D eigenvalue weighted by Gasteiger charge is -2.09. The predicted molar refractivity (Wildman–Crippen MR) is 79.2 cm³/mol. The number of nitrogens with one attached hydrogen (secondary N) is 1. The fraction of sp³-hybridized carbons (Fsp3) is 0.333. The summed E-state index contributed by atoms with van der Waals surface area (Å²) >= 11 is 5.97. The van der Waals surface area contributed by atoms with E-state index in [0.29, 0.717) is 5.92 Å². The Balaban J connectivity index is 2.23. The molecule has 0 amide bonds. The van der Waals surface area contributed by atoms with Crippen LogP contribution in [-0.4, -0.2) is 9.55 Å². The molecule has 3 rings (SSSR count). The number of nitrogens with zero attached hydrogens (tertiary/aromatic N) is 1. The van der Waals surface area contributed by atoms with E-state index >= 15 is 0 Å². The van der Waals surface area contributed by atoms with Gasteiger partial charge in [0.15, 0.2) is 0 Å². The van der Waals surface area contributed by atoms with Gasteiger partial charge in [0.25, 0.3) is 5.56 Å². The highest BCUT2D eigenvalue weighted by molar-refractivity contribution is 6.32. The molecule has 110 valence electrons. The first kappa shape index (κ1) is 14.1. The van der Waals surface area contributed by atoms with E-state index in [0.717, 1.165) is 12.8 Å². The summed E-state index contributed by atoms with van der Waals surface area (Å²) in [4.78, 5) is 27.0. The van der Waals surface area contributed by atoms with Gasteiger partial charge in [-0.15, -0.1) is 0 Å². The Morgan fingerprint density at radius 1 is 1.38 bits per heavy atom. The van der Waals surface area contributed by atoms with E-state index in [1.807, 2.05) is 6.92 Å². The second kappa shape index (κ2) is 5.15. The molecular formula is C15H14ClFN2O2. The average molecular weight is 309 g/mol. The summed E-state index contributed by atoms with van der Waals surface area (Å²) < 4.78 is 15.1. The first-order chi connectivity index (χ1) is 10.0. The number of aromatic nitrogens is 2. The highest BCUT2D eigenvalue weighted by Gasteiger charge is 2.39. The van der Waals surface area contributed by atoms with E-state index in [4.69, 9.17) is 11.6 Å². The minimum atomic E-state index is -0.544. The molecule has 2 aromatic rings. The molecule has 0 aliphatic heterocycles. The van der Waals surface area contributed by atoms with Crippen LogP contribution in [0.3, 0.4) is 0 Å². The van der Waals surface area contributed by atoms with Crippen molar-refractivity contribution in [1.29, 1.82) is 0 Å². The maximum Gasteiger partial charge on any atom is 0.329 e. The summed E-state index contributed by atoms with van der Waals surface area (Å²) in [7, 11) is 0. The third kappa shape index (κ3) is 2.31. The minimum Gasteiger partial charge on any atom is -0.297 e. The predicted octanol–water partition coefficient (Wildman–Crippen LogP) is 2.97. The summed E-state index contributed by atoms with van der Waals surface area (Å²) in [5.41, 5.74) is -0.955. The quantitative estimate of drug-likeness (QED) is 0.886. The summed E-state index contributed by atoms with van der Waals surface area (Å²) in [6.07, 6.45) is 1.69. The lowest BCUT2D eigenvalue weighted by molar-refractivity contribution is 0.590. The number of benzene rings is 1. The second-order valence-electron chi connectivity index (χ2n) is 5.25. The van der Waals surface area contributed by atoms with Crippen molar-refractivity contribution in [1.82, 2.24) is 9.55 Å². The second-order valence-corrected chi connectivity index (χ2v) is 5.62. The molecule has 1 aromatic heterocycles. The van der Waals surface area contributed by atoms with E-state index in [2.05, 4.69) is 4.98 Å². The van der Waals surface area contributed by atoms with E-state index in [1.165, 1.54) is 22.8 Å². The van der Waals surface area contributed by atoms with Crippen molar-refractivity contribution < 1.29 is 4.39 Å². The van der Waals surface area contributed by atoms with Crippen LogP contribution in [0.4, 0.5) is 4.39 Å². The molecule has 0 saturated heterocycles. The zero-order chi connectivity index (χ0) is 15.1. The molecule has 1 aliphatic rings. The van der Waals surface area contributed by atoms with Gasteiger partial charge in [-0.05, 0) is 18.4 Å². The van der Waals surface area contributed by atoms with Crippen molar-refractivity contribution in [2.45, 2.75) is 25.8 Å². The molecule has 6 heteroatoms. The first-order valence-electron chi connectivity index (χ1n) is 6.83. The number of aromatic amines is 1.